The number of carbonyl (C=O) groups is 1. The first-order chi connectivity index (χ1) is 16.1. The number of nitrogens with zero attached hydrogens (tertiary/aromatic N) is 2. The van der Waals surface area contributed by atoms with Crippen LogP contribution in [0, 0.1) is 18.7 Å². The number of hydrogen-bond acceptors (Lipinski definition) is 4. The summed E-state index contributed by atoms with van der Waals surface area (Å²) in [5.74, 6) is 0.464. The topological polar surface area (TPSA) is 35.6 Å². The predicted octanol–water partition coefficient (Wildman–Crippen LogP) is 5.20. The van der Waals surface area contributed by atoms with Crippen LogP contribution in [-0.2, 0) is 11.2 Å². The molecule has 2 unspecified atom stereocenters. The molecule has 0 radical (unpaired) electrons. The van der Waals surface area contributed by atoms with Crippen LogP contribution in [0.5, 0.6) is 0 Å². The van der Waals surface area contributed by atoms with E-state index < -0.39 is 0 Å². The van der Waals surface area contributed by atoms with E-state index in [0.717, 1.165) is 57.4 Å². The number of ketones is 1. The van der Waals surface area contributed by atoms with Crippen LogP contribution in [0.25, 0.3) is 0 Å². The zero-order valence-electron chi connectivity index (χ0n) is 19.7. The highest BCUT2D eigenvalue weighted by atomic mass is 19.1. The van der Waals surface area contributed by atoms with Gasteiger partial charge in [0.05, 0.1) is 11.7 Å². The van der Waals surface area contributed by atoms with E-state index in [2.05, 4.69) is 39.4 Å². The van der Waals surface area contributed by atoms with E-state index in [1.807, 2.05) is 19.1 Å². The van der Waals surface area contributed by atoms with Gasteiger partial charge in [-0.25, -0.2) is 4.39 Å². The number of benzene rings is 2. The van der Waals surface area contributed by atoms with Gasteiger partial charge in [0.25, 0.3) is 0 Å². The van der Waals surface area contributed by atoms with Crippen LogP contribution < -0.4 is 10.2 Å². The van der Waals surface area contributed by atoms with Gasteiger partial charge >= 0.3 is 0 Å². The number of Topliss-reactive ketones (excluding diaryl/α,β-unsaturated/α-hetero) is 1. The Bertz CT molecular complexity index is 979. The summed E-state index contributed by atoms with van der Waals surface area (Å²) in [4.78, 5) is 18.4. The molecule has 1 saturated heterocycles. The summed E-state index contributed by atoms with van der Waals surface area (Å²) in [5.41, 5.74) is 4.28. The van der Waals surface area contributed by atoms with Crippen molar-refractivity contribution in [2.75, 3.05) is 36.4 Å². The smallest absolute Gasteiger partial charge is 0.155 e. The van der Waals surface area contributed by atoms with Crippen molar-refractivity contribution in [3.05, 3.63) is 59.4 Å². The first kappa shape index (κ1) is 22.4. The fourth-order valence-corrected chi connectivity index (χ4v) is 6.07. The minimum atomic E-state index is -0.158. The zero-order valence-corrected chi connectivity index (χ0v) is 19.7. The quantitative estimate of drug-likeness (QED) is 0.681. The molecule has 0 aromatic heterocycles. The maximum Gasteiger partial charge on any atom is 0.155 e. The van der Waals surface area contributed by atoms with Crippen molar-refractivity contribution in [3.8, 4) is 0 Å². The second-order valence-electron chi connectivity index (χ2n) is 10.1. The van der Waals surface area contributed by atoms with Gasteiger partial charge in [0.1, 0.15) is 5.82 Å². The Hall–Kier alpha value is -2.40. The van der Waals surface area contributed by atoms with Gasteiger partial charge in [-0.1, -0.05) is 43.5 Å². The summed E-state index contributed by atoms with van der Waals surface area (Å²) in [6.07, 6.45) is 7.66. The normalized spacial score (nSPS) is 23.0. The molecule has 2 aromatic rings. The van der Waals surface area contributed by atoms with Crippen molar-refractivity contribution >= 4 is 17.2 Å². The Balaban J connectivity index is 1.35. The lowest BCUT2D eigenvalue weighted by Crippen LogP contribution is -2.60. The first-order valence-corrected chi connectivity index (χ1v) is 12.7. The van der Waals surface area contributed by atoms with Gasteiger partial charge < -0.3 is 10.2 Å². The number of para-hydroxylation sites is 1. The molecule has 0 amide bonds. The molecule has 2 aliphatic heterocycles. The van der Waals surface area contributed by atoms with Gasteiger partial charge in [0.2, 0.25) is 0 Å². The fraction of sp³-hybridized carbons (Fsp3) is 0.536. The average Bonchev–Trinajstić information content (AvgIpc) is 2.86. The third-order valence-electron chi connectivity index (χ3n) is 7.91. The summed E-state index contributed by atoms with van der Waals surface area (Å²) in [6.45, 7) is 5.08. The molecule has 2 atom stereocenters. The summed E-state index contributed by atoms with van der Waals surface area (Å²) in [6, 6.07) is 13.8. The van der Waals surface area contributed by atoms with E-state index in [9.17, 15) is 9.18 Å². The Labute approximate surface area is 197 Å². The molecular formula is C28H36FN3O. The second-order valence-corrected chi connectivity index (χ2v) is 10.1. The molecule has 0 spiro atoms. The number of hydrogen-bond donors (Lipinski definition) is 1. The zero-order chi connectivity index (χ0) is 22.8. The van der Waals surface area contributed by atoms with Gasteiger partial charge in [0.15, 0.2) is 5.78 Å². The maximum atomic E-state index is 14.5. The van der Waals surface area contributed by atoms with Crippen molar-refractivity contribution in [1.29, 1.82) is 0 Å². The molecule has 0 bridgehead atoms. The van der Waals surface area contributed by atoms with E-state index >= 15 is 0 Å². The highest BCUT2D eigenvalue weighted by Gasteiger charge is 2.40. The van der Waals surface area contributed by atoms with Crippen LogP contribution >= 0.6 is 0 Å². The molecule has 5 rings (SSSR count). The SMILES string of the molecule is Cc1ccc(F)c(N2CCN(C(C(=O)C3CCCCC3)C3CCc4ccccc4N3)CC2)c1. The van der Waals surface area contributed by atoms with E-state index in [-0.39, 0.29) is 23.8 Å². The number of piperazine rings is 1. The largest absolute Gasteiger partial charge is 0.380 e. The van der Waals surface area contributed by atoms with E-state index in [4.69, 9.17) is 0 Å². The maximum absolute atomic E-state index is 14.5. The van der Waals surface area contributed by atoms with Crippen LogP contribution in [0.2, 0.25) is 0 Å². The first-order valence-electron chi connectivity index (χ1n) is 12.7. The number of nitrogens with one attached hydrogen (secondary N) is 1. The monoisotopic (exact) mass is 449 g/mol. The highest BCUT2D eigenvalue weighted by Crippen LogP contribution is 2.33. The number of halogens is 1. The summed E-state index contributed by atoms with van der Waals surface area (Å²) in [5, 5.41) is 3.74. The van der Waals surface area contributed by atoms with Crippen LogP contribution in [0.3, 0.4) is 0 Å². The minimum absolute atomic E-state index is 0.106. The van der Waals surface area contributed by atoms with Crippen LogP contribution in [0.4, 0.5) is 15.8 Å². The molecule has 2 aromatic carbocycles. The molecule has 1 N–H and O–H groups in total. The average molecular weight is 450 g/mol. The fourth-order valence-electron chi connectivity index (χ4n) is 6.07. The number of carbonyl (C=O) groups excluding carboxylic acids is 1. The molecule has 5 heteroatoms. The molecule has 4 nitrogen and oxygen atoms in total. The Morgan fingerprint density at radius 2 is 1.76 bits per heavy atom. The standard InChI is InChI=1S/C28H36FN3O/c1-20-11-13-23(29)26(19-20)31-15-17-32(18-16-31)27(28(33)22-8-3-2-4-9-22)25-14-12-21-7-5-6-10-24(21)30-25/h5-7,10-11,13,19,22,25,27,30H,2-4,8-9,12,14-18H2,1H3. The minimum Gasteiger partial charge on any atom is -0.380 e. The lowest BCUT2D eigenvalue weighted by Gasteiger charge is -2.45. The molecule has 3 aliphatic rings. The molecular weight excluding hydrogens is 413 g/mol. The van der Waals surface area contributed by atoms with Gasteiger partial charge in [-0.15, -0.1) is 0 Å². The lowest BCUT2D eigenvalue weighted by atomic mass is 9.80. The van der Waals surface area contributed by atoms with Crippen molar-refractivity contribution in [2.24, 2.45) is 5.92 Å². The van der Waals surface area contributed by atoms with Gasteiger partial charge in [-0.2, -0.15) is 0 Å². The third-order valence-corrected chi connectivity index (χ3v) is 7.91. The van der Waals surface area contributed by atoms with Crippen molar-refractivity contribution in [1.82, 2.24) is 4.90 Å². The predicted molar refractivity (Wildman–Crippen MR) is 132 cm³/mol. The summed E-state index contributed by atoms with van der Waals surface area (Å²) in [7, 11) is 0. The number of aryl methyl sites for hydroxylation is 2. The Morgan fingerprint density at radius 1 is 1.00 bits per heavy atom. The molecule has 2 heterocycles. The van der Waals surface area contributed by atoms with Gasteiger partial charge in [-0.3, -0.25) is 9.69 Å². The van der Waals surface area contributed by atoms with Crippen molar-refractivity contribution in [3.63, 3.8) is 0 Å². The highest BCUT2D eigenvalue weighted by molar-refractivity contribution is 5.88. The molecule has 2 fully saturated rings. The van der Waals surface area contributed by atoms with Crippen molar-refractivity contribution in [2.45, 2.75) is 64.0 Å². The number of fused-ring (bicyclic) bond motifs is 1. The lowest BCUT2D eigenvalue weighted by molar-refractivity contribution is -0.130. The van der Waals surface area contributed by atoms with Crippen LogP contribution in [-0.4, -0.2) is 48.9 Å². The number of rotatable bonds is 5. The number of anilines is 2. The third kappa shape index (κ3) is 4.79. The molecule has 33 heavy (non-hydrogen) atoms. The van der Waals surface area contributed by atoms with E-state index in [1.165, 1.54) is 30.5 Å². The van der Waals surface area contributed by atoms with Crippen LogP contribution in [0.15, 0.2) is 42.5 Å². The second kappa shape index (κ2) is 9.84. The molecule has 1 aliphatic carbocycles. The molecule has 1 saturated carbocycles. The summed E-state index contributed by atoms with van der Waals surface area (Å²) < 4.78 is 14.5. The van der Waals surface area contributed by atoms with E-state index in [1.54, 1.807) is 6.07 Å². The molecule has 176 valence electrons. The van der Waals surface area contributed by atoms with E-state index in [0.29, 0.717) is 11.5 Å². The van der Waals surface area contributed by atoms with Crippen molar-refractivity contribution < 1.29 is 9.18 Å². The van der Waals surface area contributed by atoms with Crippen LogP contribution in [0.1, 0.15) is 49.7 Å². The van der Waals surface area contributed by atoms with Gasteiger partial charge in [0, 0.05) is 43.8 Å². The van der Waals surface area contributed by atoms with Gasteiger partial charge in [-0.05, 0) is 61.9 Å². The summed E-state index contributed by atoms with van der Waals surface area (Å²) >= 11 is 0. The Kier molecular flexibility index (Phi) is 6.68. The Morgan fingerprint density at radius 3 is 2.55 bits per heavy atom.